The van der Waals surface area contributed by atoms with E-state index >= 15 is 0 Å². The molecular formula is C25H29N7O2. The molecule has 1 fully saturated rings. The third kappa shape index (κ3) is 4.03. The summed E-state index contributed by atoms with van der Waals surface area (Å²) in [6.07, 6.45) is 3.72. The number of amides is 1. The zero-order chi connectivity index (χ0) is 24.0. The minimum Gasteiger partial charge on any atom is -0.494 e. The largest absolute Gasteiger partial charge is 0.494 e. The Morgan fingerprint density at radius 1 is 1.18 bits per heavy atom. The lowest BCUT2D eigenvalue weighted by molar-refractivity contribution is 0.102. The number of piperazine rings is 1. The summed E-state index contributed by atoms with van der Waals surface area (Å²) in [5, 5.41) is 12.8. The second-order valence-corrected chi connectivity index (χ2v) is 9.06. The molecule has 5 rings (SSSR count). The summed E-state index contributed by atoms with van der Waals surface area (Å²) in [6, 6.07) is 8.27. The molecule has 0 saturated carbocycles. The first kappa shape index (κ1) is 22.1. The van der Waals surface area contributed by atoms with Gasteiger partial charge in [-0.3, -0.25) is 9.48 Å². The van der Waals surface area contributed by atoms with Gasteiger partial charge < -0.3 is 20.3 Å². The van der Waals surface area contributed by atoms with Crippen molar-refractivity contribution in [2.24, 2.45) is 7.05 Å². The van der Waals surface area contributed by atoms with E-state index in [1.807, 2.05) is 44.6 Å². The molecule has 1 amide bonds. The van der Waals surface area contributed by atoms with E-state index in [4.69, 9.17) is 4.74 Å². The zero-order valence-electron chi connectivity index (χ0n) is 20.1. The Hall–Kier alpha value is -3.72. The minimum atomic E-state index is -0.234. The third-order valence-corrected chi connectivity index (χ3v) is 6.16. The van der Waals surface area contributed by atoms with Crippen molar-refractivity contribution in [1.29, 1.82) is 0 Å². The highest BCUT2D eigenvalue weighted by atomic mass is 16.5. The molecule has 1 saturated heterocycles. The number of rotatable bonds is 4. The van der Waals surface area contributed by atoms with Crippen molar-refractivity contribution < 1.29 is 9.53 Å². The van der Waals surface area contributed by atoms with Crippen molar-refractivity contribution in [3.63, 3.8) is 0 Å². The SMILES string of the molecule is COc1cc(NC(=O)c2ccc(N3C[C@@H](C)N[C@@H](C)C3)c3cnc(C)nc23)cc2cn(C)nc12. The number of methoxy groups -OCH3 is 1. The molecule has 2 aromatic heterocycles. The number of anilines is 2. The number of aromatic nitrogens is 4. The first-order chi connectivity index (χ1) is 16.3. The maximum Gasteiger partial charge on any atom is 0.257 e. The highest BCUT2D eigenvalue weighted by Crippen LogP contribution is 2.32. The van der Waals surface area contributed by atoms with Gasteiger partial charge in [0, 0.05) is 72.8 Å². The van der Waals surface area contributed by atoms with E-state index in [1.165, 1.54) is 0 Å². The second kappa shape index (κ2) is 8.57. The van der Waals surface area contributed by atoms with Gasteiger partial charge in [-0.15, -0.1) is 0 Å². The van der Waals surface area contributed by atoms with Crippen LogP contribution in [0.2, 0.25) is 0 Å². The maximum absolute atomic E-state index is 13.4. The molecule has 1 aliphatic heterocycles. The van der Waals surface area contributed by atoms with Gasteiger partial charge in [-0.1, -0.05) is 0 Å². The van der Waals surface area contributed by atoms with E-state index in [0.29, 0.717) is 40.4 Å². The summed E-state index contributed by atoms with van der Waals surface area (Å²) in [6.45, 7) is 7.96. The average Bonchev–Trinajstić information content (AvgIpc) is 3.16. The average molecular weight is 460 g/mol. The van der Waals surface area contributed by atoms with Crippen molar-refractivity contribution in [3.8, 4) is 5.75 Å². The molecule has 4 aromatic rings. The number of fused-ring (bicyclic) bond motifs is 2. The van der Waals surface area contributed by atoms with Gasteiger partial charge >= 0.3 is 0 Å². The molecule has 176 valence electrons. The first-order valence-corrected chi connectivity index (χ1v) is 11.4. The number of benzene rings is 2. The lowest BCUT2D eigenvalue weighted by Gasteiger charge is -2.38. The minimum absolute atomic E-state index is 0.234. The van der Waals surface area contributed by atoms with Gasteiger partial charge in [-0.25, -0.2) is 9.97 Å². The monoisotopic (exact) mass is 459 g/mol. The number of carbonyl (C=O) groups excluding carboxylic acids is 1. The summed E-state index contributed by atoms with van der Waals surface area (Å²) >= 11 is 0. The van der Waals surface area contributed by atoms with Crippen LogP contribution in [0.4, 0.5) is 11.4 Å². The molecule has 0 spiro atoms. The molecule has 9 nitrogen and oxygen atoms in total. The molecule has 0 radical (unpaired) electrons. The van der Waals surface area contributed by atoms with Crippen molar-refractivity contribution in [1.82, 2.24) is 25.1 Å². The van der Waals surface area contributed by atoms with Crippen LogP contribution < -0.4 is 20.3 Å². The molecule has 0 bridgehead atoms. The van der Waals surface area contributed by atoms with Gasteiger partial charge in [-0.05, 0) is 39.0 Å². The molecule has 0 unspecified atom stereocenters. The Morgan fingerprint density at radius 3 is 2.68 bits per heavy atom. The number of nitrogens with one attached hydrogen (secondary N) is 2. The Labute approximate surface area is 198 Å². The van der Waals surface area contributed by atoms with E-state index in [0.717, 1.165) is 35.1 Å². The van der Waals surface area contributed by atoms with Crippen molar-refractivity contribution >= 4 is 39.1 Å². The van der Waals surface area contributed by atoms with E-state index in [2.05, 4.69) is 44.4 Å². The molecule has 0 aliphatic carbocycles. The number of hydrogen-bond donors (Lipinski definition) is 2. The molecule has 9 heteroatoms. The van der Waals surface area contributed by atoms with Crippen LogP contribution in [0.3, 0.4) is 0 Å². The Balaban J connectivity index is 1.53. The molecule has 2 N–H and O–H groups in total. The number of nitrogens with zero attached hydrogens (tertiary/aromatic N) is 5. The van der Waals surface area contributed by atoms with E-state index in [1.54, 1.807) is 17.9 Å². The van der Waals surface area contributed by atoms with Gasteiger partial charge in [0.05, 0.1) is 18.2 Å². The van der Waals surface area contributed by atoms with Crippen LogP contribution in [0.5, 0.6) is 5.75 Å². The van der Waals surface area contributed by atoms with Gasteiger partial charge in [0.1, 0.15) is 17.1 Å². The Kier molecular flexibility index (Phi) is 5.57. The third-order valence-electron chi connectivity index (χ3n) is 6.16. The van der Waals surface area contributed by atoms with Crippen LogP contribution in [-0.2, 0) is 7.05 Å². The molecule has 34 heavy (non-hydrogen) atoms. The van der Waals surface area contributed by atoms with Crippen molar-refractivity contribution in [2.45, 2.75) is 32.9 Å². The molecule has 2 atom stereocenters. The zero-order valence-corrected chi connectivity index (χ0v) is 20.1. The standard InChI is InChI=1S/C25H29N7O2/c1-14-11-32(12-15(2)27-14)21-7-6-19(24-20(21)10-26-16(3)28-24)25(33)29-18-8-17-13-31(4)30-23(17)22(9-18)34-5/h6-10,13-15,27H,11-12H2,1-5H3,(H,29,33)/t14-,15+. The lowest BCUT2D eigenvalue weighted by atomic mass is 10.0. The predicted octanol–water partition coefficient (Wildman–Crippen LogP) is 3.27. The van der Waals surface area contributed by atoms with Crippen LogP contribution >= 0.6 is 0 Å². The lowest BCUT2D eigenvalue weighted by Crippen LogP contribution is -2.54. The normalized spacial score (nSPS) is 18.4. The quantitative estimate of drug-likeness (QED) is 0.483. The maximum atomic E-state index is 13.4. The fraction of sp³-hybridized carbons (Fsp3) is 0.360. The highest BCUT2D eigenvalue weighted by molar-refractivity contribution is 6.14. The fourth-order valence-corrected chi connectivity index (χ4v) is 4.83. The Bertz CT molecular complexity index is 1390. The van der Waals surface area contributed by atoms with Crippen LogP contribution in [-0.4, -0.2) is 57.9 Å². The predicted molar refractivity (Wildman–Crippen MR) is 134 cm³/mol. The first-order valence-electron chi connectivity index (χ1n) is 11.4. The van der Waals surface area contributed by atoms with Crippen molar-refractivity contribution in [2.75, 3.05) is 30.4 Å². The second-order valence-electron chi connectivity index (χ2n) is 9.06. The summed E-state index contributed by atoms with van der Waals surface area (Å²) in [5.74, 6) is 0.995. The summed E-state index contributed by atoms with van der Waals surface area (Å²) in [4.78, 5) is 24.9. The van der Waals surface area contributed by atoms with E-state index < -0.39 is 0 Å². The number of ether oxygens (including phenoxy) is 1. The van der Waals surface area contributed by atoms with Crippen LogP contribution in [0.15, 0.2) is 36.7 Å². The molecule has 1 aliphatic rings. The molecular weight excluding hydrogens is 430 g/mol. The van der Waals surface area contributed by atoms with E-state index in [9.17, 15) is 4.79 Å². The summed E-state index contributed by atoms with van der Waals surface area (Å²) < 4.78 is 7.22. The van der Waals surface area contributed by atoms with Gasteiger partial charge in [0.15, 0.2) is 0 Å². The summed E-state index contributed by atoms with van der Waals surface area (Å²) in [7, 11) is 3.45. The number of hydrogen-bond acceptors (Lipinski definition) is 7. The van der Waals surface area contributed by atoms with Gasteiger partial charge in [0.2, 0.25) is 0 Å². The smallest absolute Gasteiger partial charge is 0.257 e. The van der Waals surface area contributed by atoms with E-state index in [-0.39, 0.29) is 5.91 Å². The Morgan fingerprint density at radius 2 is 1.94 bits per heavy atom. The number of carbonyl (C=O) groups is 1. The van der Waals surface area contributed by atoms with Crippen LogP contribution in [0.1, 0.15) is 30.0 Å². The van der Waals surface area contributed by atoms with Gasteiger partial charge in [0.25, 0.3) is 5.91 Å². The summed E-state index contributed by atoms with van der Waals surface area (Å²) in [5.41, 5.74) is 3.59. The van der Waals surface area contributed by atoms with Crippen LogP contribution in [0.25, 0.3) is 21.8 Å². The van der Waals surface area contributed by atoms with Crippen LogP contribution in [0, 0.1) is 6.92 Å². The van der Waals surface area contributed by atoms with Gasteiger partial charge in [-0.2, -0.15) is 5.10 Å². The fourth-order valence-electron chi connectivity index (χ4n) is 4.83. The van der Waals surface area contributed by atoms with Crippen molar-refractivity contribution in [3.05, 3.63) is 48.0 Å². The highest BCUT2D eigenvalue weighted by Gasteiger charge is 2.24. The number of aryl methyl sites for hydroxylation is 2. The topological polar surface area (TPSA) is 97.2 Å². The molecule has 3 heterocycles. The molecule has 2 aromatic carbocycles.